The molecule has 15 heavy (non-hydrogen) atoms. The van der Waals surface area contributed by atoms with Crippen molar-refractivity contribution in [1.29, 1.82) is 0 Å². The molecule has 2 heteroatoms. The molecule has 1 saturated carbocycles. The average molecular weight is 262 g/mol. The van der Waals surface area contributed by atoms with Gasteiger partial charge < -0.3 is 5.32 Å². The Bertz CT molecular complexity index is 416. The number of fused-ring (bicyclic) bond motifs is 1. The quantitative estimate of drug-likeness (QED) is 0.707. The first kappa shape index (κ1) is 9.45. The van der Waals surface area contributed by atoms with E-state index in [9.17, 15) is 0 Å². The lowest BCUT2D eigenvalue weighted by Gasteiger charge is -1.95. The minimum Gasteiger partial charge on any atom is -0.316 e. The lowest BCUT2D eigenvalue weighted by atomic mass is 10.2. The predicted octanol–water partition coefficient (Wildman–Crippen LogP) is 2.27. The Morgan fingerprint density at radius 2 is 1.80 bits per heavy atom. The van der Waals surface area contributed by atoms with Crippen LogP contribution in [0.2, 0.25) is 0 Å². The number of benzene rings is 1. The molecule has 1 aliphatic heterocycles. The van der Waals surface area contributed by atoms with Crippen molar-refractivity contribution in [3.63, 3.8) is 0 Å². The maximum absolute atomic E-state index is 3.42. The van der Waals surface area contributed by atoms with E-state index in [0.717, 1.165) is 21.9 Å². The second-order valence-corrected chi connectivity index (χ2v) is 5.20. The number of piperidine rings is 1. The van der Waals surface area contributed by atoms with Crippen LogP contribution in [0.4, 0.5) is 0 Å². The molecule has 0 spiro atoms. The summed E-state index contributed by atoms with van der Waals surface area (Å²) < 4.78 is 1.11. The maximum atomic E-state index is 3.42. The number of halogens is 1. The minimum absolute atomic E-state index is 0.662. The molecule has 0 aromatic heterocycles. The third-order valence-electron chi connectivity index (χ3n) is 3.32. The Balaban J connectivity index is 1.71. The molecule has 1 N–H and O–H groups in total. The van der Waals surface area contributed by atoms with Crippen LogP contribution in [0.5, 0.6) is 0 Å². The smallest absolute Gasteiger partial charge is 0.0294 e. The Morgan fingerprint density at radius 3 is 2.47 bits per heavy atom. The van der Waals surface area contributed by atoms with Gasteiger partial charge in [-0.25, -0.2) is 0 Å². The number of rotatable bonds is 0. The third-order valence-corrected chi connectivity index (χ3v) is 3.85. The summed E-state index contributed by atoms with van der Waals surface area (Å²) in [6.45, 7) is 2.34. The van der Waals surface area contributed by atoms with E-state index in [1.165, 1.54) is 13.1 Å². The largest absolute Gasteiger partial charge is 0.316 e. The molecule has 2 fully saturated rings. The van der Waals surface area contributed by atoms with E-state index in [-0.39, 0.29) is 0 Å². The van der Waals surface area contributed by atoms with Gasteiger partial charge in [0, 0.05) is 16.0 Å². The number of nitrogens with one attached hydrogen (secondary N) is 1. The van der Waals surface area contributed by atoms with Crippen molar-refractivity contribution in [1.82, 2.24) is 5.32 Å². The summed E-state index contributed by atoms with van der Waals surface area (Å²) in [4.78, 5) is 0. The van der Waals surface area contributed by atoms with E-state index in [2.05, 4.69) is 45.2 Å². The monoisotopic (exact) mass is 261 g/mol. The van der Waals surface area contributed by atoms with Gasteiger partial charge in [0.15, 0.2) is 0 Å². The Hall–Kier alpha value is -0.780. The molecular formula is C13H12BrN. The van der Waals surface area contributed by atoms with Crippen molar-refractivity contribution in [2.45, 2.75) is 0 Å². The van der Waals surface area contributed by atoms with Crippen molar-refractivity contribution in [2.75, 3.05) is 13.1 Å². The molecule has 1 aromatic rings. The lowest BCUT2D eigenvalue weighted by Crippen LogP contribution is -2.13. The first-order valence-electron chi connectivity index (χ1n) is 5.32. The van der Waals surface area contributed by atoms with Gasteiger partial charge in [0.25, 0.3) is 0 Å². The highest BCUT2D eigenvalue weighted by Crippen LogP contribution is 2.47. The van der Waals surface area contributed by atoms with E-state index in [1.807, 2.05) is 12.1 Å². The predicted molar refractivity (Wildman–Crippen MR) is 64.4 cm³/mol. The van der Waals surface area contributed by atoms with E-state index >= 15 is 0 Å². The highest BCUT2D eigenvalue weighted by Gasteiger charge is 2.51. The van der Waals surface area contributed by atoms with Gasteiger partial charge in [-0.2, -0.15) is 0 Å². The number of hydrogen-bond acceptors (Lipinski definition) is 1. The van der Waals surface area contributed by atoms with Crippen LogP contribution < -0.4 is 5.32 Å². The lowest BCUT2D eigenvalue weighted by molar-refractivity contribution is 0.679. The molecule has 1 saturated heterocycles. The van der Waals surface area contributed by atoms with Crippen LogP contribution in [0.25, 0.3) is 0 Å². The molecule has 1 aromatic carbocycles. The zero-order chi connectivity index (χ0) is 10.3. The molecule has 0 radical (unpaired) electrons. The second-order valence-electron chi connectivity index (χ2n) is 4.29. The van der Waals surface area contributed by atoms with E-state index in [1.54, 1.807) is 0 Å². The first-order chi connectivity index (χ1) is 7.34. The summed E-state index contributed by atoms with van der Waals surface area (Å²) in [5.74, 6) is 9.00. The van der Waals surface area contributed by atoms with Gasteiger partial charge in [0.1, 0.15) is 0 Å². The second kappa shape index (κ2) is 3.66. The van der Waals surface area contributed by atoms with Crippen molar-refractivity contribution in [3.8, 4) is 11.8 Å². The molecule has 1 aliphatic carbocycles. The van der Waals surface area contributed by atoms with Gasteiger partial charge in [-0.15, -0.1) is 0 Å². The minimum atomic E-state index is 0.662. The van der Waals surface area contributed by atoms with Crippen molar-refractivity contribution in [2.24, 2.45) is 17.8 Å². The van der Waals surface area contributed by atoms with Crippen LogP contribution in [0.3, 0.4) is 0 Å². The molecule has 3 rings (SSSR count). The van der Waals surface area contributed by atoms with E-state index in [0.29, 0.717) is 5.92 Å². The standard InChI is InChI=1S/C13H12BrN/c14-10-4-1-9(2-5-10)3-6-11-12-7-15-8-13(11)12/h1-2,4-5,11-13,15H,7-8H2/t11?,12-,13+. The fourth-order valence-electron chi connectivity index (χ4n) is 2.33. The normalized spacial score (nSPS) is 31.7. The van der Waals surface area contributed by atoms with Gasteiger partial charge in [-0.1, -0.05) is 27.8 Å². The van der Waals surface area contributed by atoms with Crippen LogP contribution in [0, 0.1) is 29.6 Å². The highest BCUT2D eigenvalue weighted by atomic mass is 79.9. The average Bonchev–Trinajstić information content (AvgIpc) is 2.71. The summed E-state index contributed by atoms with van der Waals surface area (Å²) in [7, 11) is 0. The molecule has 0 amide bonds. The molecule has 76 valence electrons. The zero-order valence-electron chi connectivity index (χ0n) is 8.33. The maximum Gasteiger partial charge on any atom is 0.0294 e. The summed E-state index contributed by atoms with van der Waals surface area (Å²) >= 11 is 3.42. The SMILES string of the molecule is Brc1ccc(C#CC2[C@H]3CNC[C@@H]23)cc1. The molecule has 2 aliphatic rings. The zero-order valence-corrected chi connectivity index (χ0v) is 9.92. The Kier molecular flexibility index (Phi) is 2.31. The highest BCUT2D eigenvalue weighted by molar-refractivity contribution is 9.10. The van der Waals surface area contributed by atoms with E-state index in [4.69, 9.17) is 0 Å². The van der Waals surface area contributed by atoms with Crippen LogP contribution >= 0.6 is 15.9 Å². The molecule has 1 nitrogen and oxygen atoms in total. The summed E-state index contributed by atoms with van der Waals surface area (Å²) in [6.07, 6.45) is 0. The summed E-state index contributed by atoms with van der Waals surface area (Å²) in [6, 6.07) is 8.21. The Labute approximate surface area is 98.4 Å². The van der Waals surface area contributed by atoms with Crippen molar-refractivity contribution in [3.05, 3.63) is 34.3 Å². The third kappa shape index (κ3) is 1.82. The topological polar surface area (TPSA) is 12.0 Å². The molecule has 1 heterocycles. The summed E-state index contributed by atoms with van der Waals surface area (Å²) in [5.41, 5.74) is 1.12. The number of hydrogen-bond donors (Lipinski definition) is 1. The Morgan fingerprint density at radius 1 is 1.13 bits per heavy atom. The first-order valence-corrected chi connectivity index (χ1v) is 6.12. The van der Waals surface area contributed by atoms with Gasteiger partial charge in [-0.3, -0.25) is 0 Å². The summed E-state index contributed by atoms with van der Waals surface area (Å²) in [5, 5.41) is 3.38. The van der Waals surface area contributed by atoms with E-state index < -0.39 is 0 Å². The van der Waals surface area contributed by atoms with Crippen molar-refractivity contribution < 1.29 is 0 Å². The van der Waals surface area contributed by atoms with Crippen LogP contribution in [-0.4, -0.2) is 13.1 Å². The molecule has 3 atom stereocenters. The van der Waals surface area contributed by atoms with Gasteiger partial charge in [-0.05, 0) is 49.2 Å². The molecular weight excluding hydrogens is 250 g/mol. The van der Waals surface area contributed by atoms with Crippen LogP contribution in [0.15, 0.2) is 28.7 Å². The fourth-order valence-corrected chi connectivity index (χ4v) is 2.60. The van der Waals surface area contributed by atoms with Gasteiger partial charge in [0.2, 0.25) is 0 Å². The van der Waals surface area contributed by atoms with Gasteiger partial charge >= 0.3 is 0 Å². The van der Waals surface area contributed by atoms with Crippen LogP contribution in [0.1, 0.15) is 5.56 Å². The van der Waals surface area contributed by atoms with Gasteiger partial charge in [0.05, 0.1) is 0 Å². The molecule has 1 unspecified atom stereocenters. The van der Waals surface area contributed by atoms with Crippen molar-refractivity contribution >= 4 is 15.9 Å². The van der Waals surface area contributed by atoms with Crippen LogP contribution in [-0.2, 0) is 0 Å². The molecule has 0 bridgehead atoms. The fraction of sp³-hybridized carbons (Fsp3) is 0.385.